The number of pyridine rings is 1. The lowest BCUT2D eigenvalue weighted by Gasteiger charge is -2.15. The molecule has 1 aliphatic heterocycles. The maximum atomic E-state index is 11.7. The first-order valence-corrected chi connectivity index (χ1v) is 6.72. The molecule has 6 heteroatoms. The SMILES string of the molecule is O=C(NCCCN1CCCC1=O)c1cc(Cl)ccn1. The Morgan fingerprint density at radius 1 is 1.53 bits per heavy atom. The summed E-state index contributed by atoms with van der Waals surface area (Å²) in [6.45, 7) is 2.06. The van der Waals surface area contributed by atoms with E-state index in [1.54, 1.807) is 6.07 Å². The molecular weight excluding hydrogens is 266 g/mol. The predicted molar refractivity (Wildman–Crippen MR) is 72.0 cm³/mol. The zero-order chi connectivity index (χ0) is 13.7. The highest BCUT2D eigenvalue weighted by Gasteiger charge is 2.19. The van der Waals surface area contributed by atoms with Crippen molar-refractivity contribution in [1.82, 2.24) is 15.2 Å². The molecule has 0 aromatic carbocycles. The van der Waals surface area contributed by atoms with E-state index in [2.05, 4.69) is 10.3 Å². The minimum absolute atomic E-state index is 0.211. The Kier molecular flexibility index (Phi) is 4.74. The van der Waals surface area contributed by atoms with E-state index in [4.69, 9.17) is 11.6 Å². The molecule has 2 amide bonds. The van der Waals surface area contributed by atoms with E-state index in [0.717, 1.165) is 19.4 Å². The highest BCUT2D eigenvalue weighted by atomic mass is 35.5. The molecular formula is C13H16ClN3O2. The van der Waals surface area contributed by atoms with Gasteiger partial charge in [0.2, 0.25) is 5.91 Å². The molecule has 0 saturated carbocycles. The fourth-order valence-electron chi connectivity index (χ4n) is 2.03. The van der Waals surface area contributed by atoms with Gasteiger partial charge in [0, 0.05) is 37.3 Å². The van der Waals surface area contributed by atoms with Crippen LogP contribution < -0.4 is 5.32 Å². The molecule has 1 aromatic rings. The molecule has 0 unspecified atom stereocenters. The van der Waals surface area contributed by atoms with Gasteiger partial charge in [-0.1, -0.05) is 11.6 Å². The number of nitrogens with one attached hydrogen (secondary N) is 1. The number of halogens is 1. The summed E-state index contributed by atoms with van der Waals surface area (Å²) >= 11 is 5.79. The van der Waals surface area contributed by atoms with Gasteiger partial charge in [0.25, 0.3) is 5.91 Å². The lowest BCUT2D eigenvalue weighted by molar-refractivity contribution is -0.127. The van der Waals surface area contributed by atoms with Crippen molar-refractivity contribution < 1.29 is 9.59 Å². The molecule has 5 nitrogen and oxygen atoms in total. The first kappa shape index (κ1) is 13.8. The first-order valence-electron chi connectivity index (χ1n) is 6.34. The Morgan fingerprint density at radius 2 is 2.37 bits per heavy atom. The maximum Gasteiger partial charge on any atom is 0.269 e. The second kappa shape index (κ2) is 6.52. The third kappa shape index (κ3) is 3.92. The van der Waals surface area contributed by atoms with Crippen LogP contribution in [0.25, 0.3) is 0 Å². The van der Waals surface area contributed by atoms with Crippen LogP contribution in [-0.4, -0.2) is 41.3 Å². The van der Waals surface area contributed by atoms with Crippen LogP contribution in [0.15, 0.2) is 18.3 Å². The average molecular weight is 282 g/mol. The lowest BCUT2D eigenvalue weighted by atomic mass is 10.3. The minimum atomic E-state index is -0.241. The molecule has 102 valence electrons. The zero-order valence-electron chi connectivity index (χ0n) is 10.6. The third-order valence-corrected chi connectivity index (χ3v) is 3.25. The third-order valence-electron chi connectivity index (χ3n) is 3.02. The largest absolute Gasteiger partial charge is 0.351 e. The Bertz CT molecular complexity index is 479. The van der Waals surface area contributed by atoms with Crippen LogP contribution in [0.5, 0.6) is 0 Å². The summed E-state index contributed by atoms with van der Waals surface area (Å²) < 4.78 is 0. The molecule has 0 radical (unpaired) electrons. The van der Waals surface area contributed by atoms with Crippen molar-refractivity contribution in [3.8, 4) is 0 Å². The Labute approximate surface area is 117 Å². The number of hydrogen-bond donors (Lipinski definition) is 1. The van der Waals surface area contributed by atoms with Gasteiger partial charge in [-0.15, -0.1) is 0 Å². The van der Waals surface area contributed by atoms with Crippen molar-refractivity contribution in [2.45, 2.75) is 19.3 Å². The van der Waals surface area contributed by atoms with Crippen LogP contribution in [0.4, 0.5) is 0 Å². The summed E-state index contributed by atoms with van der Waals surface area (Å²) in [5.74, 6) is -0.0296. The van der Waals surface area contributed by atoms with E-state index < -0.39 is 0 Å². The number of carbonyl (C=O) groups excluding carboxylic acids is 2. The van der Waals surface area contributed by atoms with Gasteiger partial charge >= 0.3 is 0 Å². The number of amides is 2. The predicted octanol–water partition coefficient (Wildman–Crippen LogP) is 1.48. The number of nitrogens with zero attached hydrogens (tertiary/aromatic N) is 2. The average Bonchev–Trinajstić information content (AvgIpc) is 2.80. The van der Waals surface area contributed by atoms with Gasteiger partial charge in [0.1, 0.15) is 5.69 Å². The number of aromatic nitrogens is 1. The first-order chi connectivity index (χ1) is 9.16. The summed E-state index contributed by atoms with van der Waals surface area (Å²) in [5, 5.41) is 3.26. The van der Waals surface area contributed by atoms with Crippen LogP contribution in [0, 0.1) is 0 Å². The molecule has 0 atom stereocenters. The number of hydrogen-bond acceptors (Lipinski definition) is 3. The molecule has 0 bridgehead atoms. The van der Waals surface area contributed by atoms with E-state index in [9.17, 15) is 9.59 Å². The molecule has 2 heterocycles. The van der Waals surface area contributed by atoms with E-state index in [0.29, 0.717) is 30.2 Å². The summed E-state index contributed by atoms with van der Waals surface area (Å²) in [6.07, 6.45) is 3.84. The highest BCUT2D eigenvalue weighted by molar-refractivity contribution is 6.30. The zero-order valence-corrected chi connectivity index (χ0v) is 11.3. The van der Waals surface area contributed by atoms with Crippen LogP contribution in [0.3, 0.4) is 0 Å². The van der Waals surface area contributed by atoms with E-state index in [1.807, 2.05) is 4.90 Å². The normalized spacial score (nSPS) is 14.8. The van der Waals surface area contributed by atoms with Gasteiger partial charge < -0.3 is 10.2 Å². The molecule has 0 spiro atoms. The molecule has 1 saturated heterocycles. The minimum Gasteiger partial charge on any atom is -0.351 e. The molecule has 1 fully saturated rings. The number of rotatable bonds is 5. The second-order valence-corrected chi connectivity index (χ2v) is 4.89. The smallest absolute Gasteiger partial charge is 0.269 e. The van der Waals surface area contributed by atoms with Gasteiger partial charge in [0.05, 0.1) is 0 Å². The van der Waals surface area contributed by atoms with Crippen molar-refractivity contribution in [2.24, 2.45) is 0 Å². The Morgan fingerprint density at radius 3 is 3.05 bits per heavy atom. The van der Waals surface area contributed by atoms with Crippen LogP contribution in [0.1, 0.15) is 29.8 Å². The van der Waals surface area contributed by atoms with Gasteiger partial charge in [-0.2, -0.15) is 0 Å². The monoisotopic (exact) mass is 281 g/mol. The Balaban J connectivity index is 1.71. The van der Waals surface area contributed by atoms with Gasteiger partial charge in [-0.25, -0.2) is 0 Å². The van der Waals surface area contributed by atoms with Gasteiger partial charge in [-0.3, -0.25) is 14.6 Å². The van der Waals surface area contributed by atoms with Crippen LogP contribution in [0.2, 0.25) is 5.02 Å². The second-order valence-electron chi connectivity index (χ2n) is 4.45. The standard InChI is InChI=1S/C13H16ClN3O2/c14-10-4-6-15-11(9-10)13(19)16-5-2-8-17-7-1-3-12(17)18/h4,6,9H,1-3,5,7-8H2,(H,16,19). The van der Waals surface area contributed by atoms with Crippen molar-refractivity contribution in [3.05, 3.63) is 29.0 Å². The van der Waals surface area contributed by atoms with E-state index in [1.165, 1.54) is 12.3 Å². The van der Waals surface area contributed by atoms with Gasteiger partial charge in [-0.05, 0) is 25.0 Å². The maximum absolute atomic E-state index is 11.7. The fraction of sp³-hybridized carbons (Fsp3) is 0.462. The molecule has 1 aromatic heterocycles. The summed E-state index contributed by atoms with van der Waals surface area (Å²) in [6, 6.07) is 3.15. The number of likely N-dealkylation sites (tertiary alicyclic amines) is 1. The molecule has 19 heavy (non-hydrogen) atoms. The van der Waals surface area contributed by atoms with Crippen molar-refractivity contribution in [2.75, 3.05) is 19.6 Å². The quantitative estimate of drug-likeness (QED) is 0.832. The summed E-state index contributed by atoms with van der Waals surface area (Å²) in [4.78, 5) is 28.9. The van der Waals surface area contributed by atoms with Gasteiger partial charge in [0.15, 0.2) is 0 Å². The number of carbonyl (C=O) groups is 2. The highest BCUT2D eigenvalue weighted by Crippen LogP contribution is 2.10. The van der Waals surface area contributed by atoms with Crippen LogP contribution >= 0.6 is 11.6 Å². The van der Waals surface area contributed by atoms with Crippen molar-refractivity contribution in [1.29, 1.82) is 0 Å². The van der Waals surface area contributed by atoms with Crippen molar-refractivity contribution in [3.63, 3.8) is 0 Å². The summed E-state index contributed by atoms with van der Waals surface area (Å²) in [5.41, 5.74) is 0.310. The molecule has 2 rings (SSSR count). The molecule has 0 aliphatic carbocycles. The summed E-state index contributed by atoms with van der Waals surface area (Å²) in [7, 11) is 0. The van der Waals surface area contributed by atoms with Crippen LogP contribution in [-0.2, 0) is 4.79 Å². The lowest BCUT2D eigenvalue weighted by Crippen LogP contribution is -2.30. The van der Waals surface area contributed by atoms with E-state index in [-0.39, 0.29) is 11.8 Å². The Hall–Kier alpha value is -1.62. The topological polar surface area (TPSA) is 62.3 Å². The van der Waals surface area contributed by atoms with E-state index >= 15 is 0 Å². The van der Waals surface area contributed by atoms with Crippen molar-refractivity contribution >= 4 is 23.4 Å². The molecule has 1 aliphatic rings. The molecule has 1 N–H and O–H groups in total. The fourth-order valence-corrected chi connectivity index (χ4v) is 2.19.